The van der Waals surface area contributed by atoms with E-state index < -0.39 is 34.1 Å². The highest BCUT2D eigenvalue weighted by molar-refractivity contribution is 9.10. The van der Waals surface area contributed by atoms with Crippen LogP contribution in [0.15, 0.2) is 88.2 Å². The normalized spacial score (nSPS) is 12.5. The van der Waals surface area contributed by atoms with E-state index in [1.165, 1.54) is 17.0 Å². The number of benzene rings is 3. The monoisotopic (exact) mass is 633 g/mol. The second kappa shape index (κ2) is 13.0. The van der Waals surface area contributed by atoms with Crippen molar-refractivity contribution in [3.63, 3.8) is 0 Å². The quantitative estimate of drug-likeness (QED) is 0.296. The number of hydrogen-bond acceptors (Lipinski definition) is 4. The Labute approximate surface area is 244 Å². The third kappa shape index (κ3) is 8.06. The van der Waals surface area contributed by atoms with Crippen LogP contribution in [-0.4, -0.2) is 43.3 Å². The first kappa shape index (κ1) is 30.7. The predicted molar refractivity (Wildman–Crippen MR) is 159 cm³/mol. The molecule has 208 valence electrons. The van der Waals surface area contributed by atoms with Gasteiger partial charge in [-0.05, 0) is 69.2 Å². The second-order valence-electron chi connectivity index (χ2n) is 10.1. The standard InChI is InChI=1S/C29H33BrClN3O4S/c1-5-26(28(36)32-29(2,3)4)33(19-21-12-9-10-17-25(21)31)27(35)20-34(23-14-11-13-22(30)18-23)39(37,38)24-15-7-6-8-16-24/h6-18,26H,5,19-20H2,1-4H3,(H,32,36)/t26-/m0/s1. The van der Waals surface area contributed by atoms with Crippen LogP contribution in [0, 0.1) is 0 Å². The Morgan fingerprint density at radius 1 is 0.974 bits per heavy atom. The molecule has 3 rings (SSSR count). The van der Waals surface area contributed by atoms with Crippen molar-refractivity contribution in [2.24, 2.45) is 0 Å². The first-order chi connectivity index (χ1) is 18.3. The largest absolute Gasteiger partial charge is 0.350 e. The molecule has 0 fully saturated rings. The molecule has 0 aliphatic rings. The minimum Gasteiger partial charge on any atom is -0.350 e. The Morgan fingerprint density at radius 2 is 1.62 bits per heavy atom. The first-order valence-electron chi connectivity index (χ1n) is 12.5. The van der Waals surface area contributed by atoms with Gasteiger partial charge in [0, 0.05) is 21.6 Å². The number of carbonyl (C=O) groups excluding carboxylic acids is 2. The Hall–Kier alpha value is -2.88. The summed E-state index contributed by atoms with van der Waals surface area (Å²) in [6, 6.07) is 20.9. The number of nitrogens with zero attached hydrogens (tertiary/aromatic N) is 2. The molecule has 0 saturated carbocycles. The highest BCUT2D eigenvalue weighted by Gasteiger charge is 2.34. The van der Waals surface area contributed by atoms with E-state index in [-0.39, 0.29) is 17.3 Å². The van der Waals surface area contributed by atoms with Gasteiger partial charge in [0.2, 0.25) is 11.8 Å². The van der Waals surface area contributed by atoms with Gasteiger partial charge in [0.25, 0.3) is 10.0 Å². The van der Waals surface area contributed by atoms with Crippen molar-refractivity contribution < 1.29 is 18.0 Å². The van der Waals surface area contributed by atoms with E-state index in [9.17, 15) is 18.0 Å². The Balaban J connectivity index is 2.08. The molecule has 2 amide bonds. The number of hydrogen-bond donors (Lipinski definition) is 1. The predicted octanol–water partition coefficient (Wildman–Crippen LogP) is 6.02. The molecule has 1 atom stereocenters. The summed E-state index contributed by atoms with van der Waals surface area (Å²) in [5.74, 6) is -0.865. The van der Waals surface area contributed by atoms with Gasteiger partial charge in [-0.1, -0.05) is 76.9 Å². The summed E-state index contributed by atoms with van der Waals surface area (Å²) in [4.78, 5) is 28.9. The van der Waals surface area contributed by atoms with Gasteiger partial charge >= 0.3 is 0 Å². The molecular formula is C29H33BrClN3O4S. The van der Waals surface area contributed by atoms with E-state index in [2.05, 4.69) is 21.2 Å². The van der Waals surface area contributed by atoms with Crippen molar-refractivity contribution in [2.45, 2.75) is 57.1 Å². The lowest BCUT2D eigenvalue weighted by Gasteiger charge is -2.35. The molecule has 0 spiro atoms. The number of sulfonamides is 1. The van der Waals surface area contributed by atoms with Crippen LogP contribution >= 0.6 is 27.5 Å². The summed E-state index contributed by atoms with van der Waals surface area (Å²) >= 11 is 9.83. The maximum atomic E-state index is 14.1. The smallest absolute Gasteiger partial charge is 0.264 e. The van der Waals surface area contributed by atoms with Crippen molar-refractivity contribution in [1.82, 2.24) is 10.2 Å². The van der Waals surface area contributed by atoms with Gasteiger partial charge in [-0.2, -0.15) is 0 Å². The Bertz CT molecular complexity index is 1410. The topological polar surface area (TPSA) is 86.8 Å². The fourth-order valence-electron chi connectivity index (χ4n) is 4.06. The molecule has 39 heavy (non-hydrogen) atoms. The minimum absolute atomic E-state index is 0.0340. The van der Waals surface area contributed by atoms with Gasteiger partial charge in [-0.3, -0.25) is 13.9 Å². The molecule has 0 radical (unpaired) electrons. The van der Waals surface area contributed by atoms with Crippen LogP contribution in [0.25, 0.3) is 0 Å². The zero-order valence-corrected chi connectivity index (χ0v) is 25.6. The van der Waals surface area contributed by atoms with Gasteiger partial charge in [0.15, 0.2) is 0 Å². The Morgan fingerprint density at radius 3 is 2.21 bits per heavy atom. The van der Waals surface area contributed by atoms with Crippen LogP contribution < -0.4 is 9.62 Å². The van der Waals surface area contributed by atoms with E-state index in [1.807, 2.05) is 27.7 Å². The van der Waals surface area contributed by atoms with Gasteiger partial charge in [-0.25, -0.2) is 8.42 Å². The van der Waals surface area contributed by atoms with Crippen LogP contribution in [0.3, 0.4) is 0 Å². The molecule has 0 aliphatic heterocycles. The molecule has 1 N–H and O–H groups in total. The van der Waals surface area contributed by atoms with Crippen LogP contribution in [0.2, 0.25) is 5.02 Å². The zero-order chi connectivity index (χ0) is 28.8. The van der Waals surface area contributed by atoms with Crippen LogP contribution in [0.5, 0.6) is 0 Å². The van der Waals surface area contributed by atoms with Crippen molar-refractivity contribution in [1.29, 1.82) is 0 Å². The molecule has 0 bridgehead atoms. The summed E-state index contributed by atoms with van der Waals surface area (Å²) < 4.78 is 29.4. The minimum atomic E-state index is -4.12. The zero-order valence-electron chi connectivity index (χ0n) is 22.4. The van der Waals surface area contributed by atoms with Gasteiger partial charge in [0.1, 0.15) is 12.6 Å². The number of carbonyl (C=O) groups is 2. The maximum Gasteiger partial charge on any atom is 0.264 e. The van der Waals surface area contributed by atoms with Crippen molar-refractivity contribution in [3.05, 3.63) is 93.9 Å². The molecule has 3 aromatic carbocycles. The highest BCUT2D eigenvalue weighted by Crippen LogP contribution is 2.27. The summed E-state index contributed by atoms with van der Waals surface area (Å²) in [5.41, 5.74) is 0.434. The Kier molecular flexibility index (Phi) is 10.2. The van der Waals surface area contributed by atoms with Crippen LogP contribution in [0.4, 0.5) is 5.69 Å². The molecular weight excluding hydrogens is 602 g/mol. The number of halogens is 2. The molecule has 0 aliphatic carbocycles. The van der Waals surface area contributed by atoms with E-state index in [0.717, 1.165) is 4.31 Å². The second-order valence-corrected chi connectivity index (χ2v) is 13.3. The average Bonchev–Trinajstić information content (AvgIpc) is 2.87. The van der Waals surface area contributed by atoms with E-state index in [4.69, 9.17) is 11.6 Å². The first-order valence-corrected chi connectivity index (χ1v) is 15.1. The third-order valence-corrected chi connectivity index (χ3v) is 8.54. The highest BCUT2D eigenvalue weighted by atomic mass is 79.9. The third-order valence-electron chi connectivity index (χ3n) is 5.89. The average molecular weight is 635 g/mol. The molecule has 7 nitrogen and oxygen atoms in total. The lowest BCUT2D eigenvalue weighted by molar-refractivity contribution is -0.141. The summed E-state index contributed by atoms with van der Waals surface area (Å²) in [6.45, 7) is 6.91. The molecule has 0 aromatic heterocycles. The summed E-state index contributed by atoms with van der Waals surface area (Å²) in [5, 5.41) is 3.40. The lowest BCUT2D eigenvalue weighted by Crippen LogP contribution is -2.55. The molecule has 10 heteroatoms. The van der Waals surface area contributed by atoms with Gasteiger partial charge in [0.05, 0.1) is 10.6 Å². The van der Waals surface area contributed by atoms with E-state index >= 15 is 0 Å². The SMILES string of the molecule is CC[C@@H](C(=O)NC(C)(C)C)N(Cc1ccccc1Cl)C(=O)CN(c1cccc(Br)c1)S(=O)(=O)c1ccccc1. The van der Waals surface area contributed by atoms with E-state index in [1.54, 1.807) is 66.7 Å². The number of nitrogens with one attached hydrogen (secondary N) is 1. The molecule has 0 heterocycles. The number of anilines is 1. The van der Waals surface area contributed by atoms with Crippen molar-refractivity contribution >= 4 is 55.1 Å². The molecule has 0 unspecified atom stereocenters. The number of rotatable bonds is 10. The maximum absolute atomic E-state index is 14.1. The van der Waals surface area contributed by atoms with E-state index in [0.29, 0.717) is 27.2 Å². The van der Waals surface area contributed by atoms with Crippen LogP contribution in [0.1, 0.15) is 39.7 Å². The van der Waals surface area contributed by atoms with Gasteiger partial charge < -0.3 is 10.2 Å². The van der Waals surface area contributed by atoms with Crippen LogP contribution in [-0.2, 0) is 26.2 Å². The summed E-state index contributed by atoms with van der Waals surface area (Å²) in [7, 11) is -4.12. The molecule has 3 aromatic rings. The van der Waals surface area contributed by atoms with Crippen molar-refractivity contribution in [2.75, 3.05) is 10.8 Å². The molecule has 0 saturated heterocycles. The number of amides is 2. The lowest BCUT2D eigenvalue weighted by atomic mass is 10.1. The fraction of sp³-hybridized carbons (Fsp3) is 0.310. The van der Waals surface area contributed by atoms with Crippen molar-refractivity contribution in [3.8, 4) is 0 Å². The fourth-order valence-corrected chi connectivity index (χ4v) is 6.07. The van der Waals surface area contributed by atoms with Gasteiger partial charge in [-0.15, -0.1) is 0 Å². The summed E-state index contributed by atoms with van der Waals surface area (Å²) in [6.07, 6.45) is 0.320.